The number of hydrogen-bond acceptors (Lipinski definition) is 0. The lowest BCUT2D eigenvalue weighted by molar-refractivity contribution is 0.176. The molecule has 0 heteroatoms. The van der Waals surface area contributed by atoms with Crippen molar-refractivity contribution >= 4 is 0 Å². The van der Waals surface area contributed by atoms with Crippen LogP contribution in [-0.2, 0) is 34.5 Å². The number of allylic oxidation sites excluding steroid dienone is 8. The van der Waals surface area contributed by atoms with Gasteiger partial charge in [0, 0.05) is 10.8 Å². The SMILES string of the molecule is C=C/C=C/CCCc1ccc(C2(c3ccc(CCC/C=C/C=C)cc3)c3cc(C(C)(CC)CC)ccc3-c3ccc(C(CC)(CC)C(CC)(CC)c4ccc(C)cc4)cc32)cc1.C=CC=C. The predicted octanol–water partition coefficient (Wildman–Crippen LogP) is 18.7. The van der Waals surface area contributed by atoms with Crippen LogP contribution in [0.2, 0.25) is 0 Å². The molecule has 0 bridgehead atoms. The van der Waals surface area contributed by atoms with E-state index in [4.69, 9.17) is 0 Å². The Balaban J connectivity index is 0.00000196. The first-order chi connectivity index (χ1) is 32.0. The lowest BCUT2D eigenvalue weighted by Gasteiger charge is -2.51. The lowest BCUT2D eigenvalue weighted by Crippen LogP contribution is -2.48. The minimum absolute atomic E-state index is 0.0190. The van der Waals surface area contributed by atoms with Crippen molar-refractivity contribution in [3.05, 3.63) is 240 Å². The first-order valence-electron chi connectivity index (χ1n) is 25.4. The van der Waals surface area contributed by atoms with Gasteiger partial charge in [0.25, 0.3) is 0 Å². The van der Waals surface area contributed by atoms with Crippen molar-refractivity contribution in [1.29, 1.82) is 0 Å². The van der Waals surface area contributed by atoms with Crippen molar-refractivity contribution < 1.29 is 0 Å². The van der Waals surface area contributed by atoms with Crippen LogP contribution in [0.5, 0.6) is 0 Å². The highest BCUT2D eigenvalue weighted by Crippen LogP contribution is 2.60. The van der Waals surface area contributed by atoms with E-state index >= 15 is 0 Å². The molecule has 0 spiro atoms. The zero-order valence-electron chi connectivity index (χ0n) is 42.3. The normalized spacial score (nSPS) is 13.2. The first kappa shape index (κ1) is 51.5. The Labute approximate surface area is 403 Å². The summed E-state index contributed by atoms with van der Waals surface area (Å²) in [6, 6.07) is 44.5. The molecule has 0 nitrogen and oxygen atoms in total. The second-order valence-electron chi connectivity index (χ2n) is 19.0. The minimum Gasteiger partial charge on any atom is -0.0991 e. The predicted molar refractivity (Wildman–Crippen MR) is 292 cm³/mol. The molecule has 6 rings (SSSR count). The zero-order valence-corrected chi connectivity index (χ0v) is 42.3. The number of rotatable bonds is 23. The molecule has 1 aliphatic rings. The summed E-state index contributed by atoms with van der Waals surface area (Å²) in [5.41, 5.74) is 16.3. The fourth-order valence-electron chi connectivity index (χ4n) is 11.6. The Kier molecular flexibility index (Phi) is 18.6. The molecular weight excluding hydrogens is 793 g/mol. The van der Waals surface area contributed by atoms with Gasteiger partial charge in [-0.25, -0.2) is 0 Å². The van der Waals surface area contributed by atoms with Crippen LogP contribution in [0.4, 0.5) is 0 Å². The van der Waals surface area contributed by atoms with E-state index in [2.05, 4.69) is 215 Å². The fourth-order valence-corrected chi connectivity index (χ4v) is 11.6. The van der Waals surface area contributed by atoms with Gasteiger partial charge in [-0.3, -0.25) is 0 Å². The van der Waals surface area contributed by atoms with Crippen LogP contribution in [0.15, 0.2) is 184 Å². The maximum absolute atomic E-state index is 3.86. The van der Waals surface area contributed by atoms with Crippen LogP contribution in [0.1, 0.15) is 168 Å². The standard InChI is InChI=1S/C62H76.C4H6/c1-11-19-21-23-25-27-48-31-37-51(38-32-48)62(52-39-33-49(34-40-52)28-26-24-22-20-12-2)57-45-53(59(10,13-3)14-4)41-43-55(57)56-44-42-54(46-58(56)62)61(17-7,18-8)60(15-5,16-6)50-35-29-47(9)30-36-50;1-3-4-2/h11-12,19-22,29-46H,1-2,13-18,23-28H2,3-10H3;3-4H,1-2H2/b21-19+,22-20+;. The van der Waals surface area contributed by atoms with E-state index in [9.17, 15) is 0 Å². The summed E-state index contributed by atoms with van der Waals surface area (Å²) in [5.74, 6) is 0. The quantitative estimate of drug-likeness (QED) is 0.0444. The summed E-state index contributed by atoms with van der Waals surface area (Å²) in [4.78, 5) is 0. The number of aryl methyl sites for hydroxylation is 3. The molecule has 0 unspecified atom stereocenters. The molecule has 66 heavy (non-hydrogen) atoms. The summed E-state index contributed by atoms with van der Waals surface area (Å²) < 4.78 is 0. The van der Waals surface area contributed by atoms with E-state index < -0.39 is 5.41 Å². The number of benzene rings is 5. The largest absolute Gasteiger partial charge is 0.0991 e. The molecule has 0 radical (unpaired) electrons. The van der Waals surface area contributed by atoms with E-state index in [0.29, 0.717) is 0 Å². The fraction of sp³-hybridized carbons (Fsp3) is 0.364. The maximum atomic E-state index is 3.86. The van der Waals surface area contributed by atoms with Gasteiger partial charge in [0.1, 0.15) is 0 Å². The van der Waals surface area contributed by atoms with E-state index in [1.165, 1.54) is 66.8 Å². The Bertz CT molecular complexity index is 2320. The maximum Gasteiger partial charge on any atom is 0.0713 e. The number of hydrogen-bond donors (Lipinski definition) is 0. The van der Waals surface area contributed by atoms with E-state index in [0.717, 1.165) is 77.0 Å². The third-order valence-electron chi connectivity index (χ3n) is 16.0. The third kappa shape index (κ3) is 10.1. The lowest BCUT2D eigenvalue weighted by atomic mass is 9.52. The number of fused-ring (bicyclic) bond motifs is 3. The van der Waals surface area contributed by atoms with Crippen molar-refractivity contribution in [2.24, 2.45) is 0 Å². The molecule has 0 aromatic heterocycles. The monoisotopic (exact) mass is 875 g/mol. The average Bonchev–Trinajstić information content (AvgIpc) is 3.65. The molecule has 0 saturated heterocycles. The van der Waals surface area contributed by atoms with Gasteiger partial charge in [-0.1, -0.05) is 238 Å². The third-order valence-corrected chi connectivity index (χ3v) is 16.0. The van der Waals surface area contributed by atoms with Gasteiger partial charge in [-0.2, -0.15) is 0 Å². The van der Waals surface area contributed by atoms with E-state index in [-0.39, 0.29) is 16.2 Å². The van der Waals surface area contributed by atoms with Gasteiger partial charge in [0.2, 0.25) is 0 Å². The molecule has 0 aliphatic heterocycles. The second kappa shape index (κ2) is 23.8. The smallest absolute Gasteiger partial charge is 0.0713 e. The molecular formula is C66H82. The average molecular weight is 875 g/mol. The summed E-state index contributed by atoms with van der Waals surface area (Å²) in [5, 5.41) is 0. The summed E-state index contributed by atoms with van der Waals surface area (Å²) >= 11 is 0. The molecule has 5 aromatic rings. The van der Waals surface area contributed by atoms with Crippen LogP contribution in [0.3, 0.4) is 0 Å². The van der Waals surface area contributed by atoms with Gasteiger partial charge < -0.3 is 0 Å². The Morgan fingerprint density at radius 2 is 0.848 bits per heavy atom. The molecule has 0 heterocycles. The minimum atomic E-state index is -0.492. The molecule has 0 saturated carbocycles. The molecule has 1 aliphatic carbocycles. The van der Waals surface area contributed by atoms with Crippen LogP contribution in [0.25, 0.3) is 11.1 Å². The second-order valence-corrected chi connectivity index (χ2v) is 19.0. The highest BCUT2D eigenvalue weighted by Gasteiger charge is 2.52. The van der Waals surface area contributed by atoms with Crippen LogP contribution in [-0.4, -0.2) is 0 Å². The highest BCUT2D eigenvalue weighted by atomic mass is 14.5. The van der Waals surface area contributed by atoms with Crippen molar-refractivity contribution in [3.8, 4) is 11.1 Å². The van der Waals surface area contributed by atoms with Gasteiger partial charge in [0.05, 0.1) is 5.41 Å². The van der Waals surface area contributed by atoms with Crippen molar-refractivity contribution in [2.75, 3.05) is 0 Å². The van der Waals surface area contributed by atoms with Gasteiger partial charge in [0.15, 0.2) is 0 Å². The highest BCUT2D eigenvalue weighted by molar-refractivity contribution is 5.87. The molecule has 5 aromatic carbocycles. The summed E-state index contributed by atoms with van der Waals surface area (Å²) in [6.07, 6.45) is 28.6. The molecule has 0 N–H and O–H groups in total. The topological polar surface area (TPSA) is 0 Å². The van der Waals surface area contributed by atoms with Gasteiger partial charge in [-0.05, 0) is 151 Å². The first-order valence-corrected chi connectivity index (χ1v) is 25.4. The van der Waals surface area contributed by atoms with Crippen LogP contribution < -0.4 is 0 Å². The van der Waals surface area contributed by atoms with Crippen molar-refractivity contribution in [3.63, 3.8) is 0 Å². The van der Waals surface area contributed by atoms with E-state index in [1.807, 2.05) is 12.2 Å². The van der Waals surface area contributed by atoms with Gasteiger partial charge in [-0.15, -0.1) is 0 Å². The molecule has 0 amide bonds. The Morgan fingerprint density at radius 1 is 0.455 bits per heavy atom. The van der Waals surface area contributed by atoms with Crippen LogP contribution >= 0.6 is 0 Å². The van der Waals surface area contributed by atoms with Crippen molar-refractivity contribution in [1.82, 2.24) is 0 Å². The molecule has 0 fully saturated rings. The summed E-state index contributed by atoms with van der Waals surface area (Å²) in [6.45, 7) is 33.6. The van der Waals surface area contributed by atoms with Gasteiger partial charge >= 0.3 is 0 Å². The van der Waals surface area contributed by atoms with Crippen LogP contribution in [0, 0.1) is 6.92 Å². The molecule has 346 valence electrons. The Morgan fingerprint density at radius 3 is 1.24 bits per heavy atom. The van der Waals surface area contributed by atoms with E-state index in [1.54, 1.807) is 12.2 Å². The Hall–Kier alpha value is -5.46. The van der Waals surface area contributed by atoms with Crippen molar-refractivity contribution in [2.45, 2.75) is 154 Å². The summed E-state index contributed by atoms with van der Waals surface area (Å²) in [7, 11) is 0. The zero-order chi connectivity index (χ0) is 47.8. The molecule has 0 atom stereocenters. The number of unbranched alkanes of at least 4 members (excludes halogenated alkanes) is 2.